The molecule has 34 heavy (non-hydrogen) atoms. The first-order valence-corrected chi connectivity index (χ1v) is 10.6. The van der Waals surface area contributed by atoms with Gasteiger partial charge in [0.15, 0.2) is 11.5 Å². The molecule has 1 amide bonds. The molecule has 0 saturated carbocycles. The minimum atomic E-state index is -0.441. The Labute approximate surface area is 198 Å². The van der Waals surface area contributed by atoms with Crippen molar-refractivity contribution in [1.82, 2.24) is 10.5 Å². The van der Waals surface area contributed by atoms with Crippen molar-refractivity contribution in [3.8, 4) is 51.3 Å². The molecule has 0 aliphatic heterocycles. The van der Waals surface area contributed by atoms with Gasteiger partial charge in [-0.15, -0.1) is 0 Å². The third-order valence-electron chi connectivity index (χ3n) is 5.11. The summed E-state index contributed by atoms with van der Waals surface area (Å²) in [5.74, 6) is 2.43. The molecule has 180 valence electrons. The summed E-state index contributed by atoms with van der Waals surface area (Å²) in [6, 6.07) is 14.8. The molecule has 9 nitrogen and oxygen atoms in total. The Bertz CT molecular complexity index is 1090. The molecule has 1 heterocycles. The number of nitrogens with zero attached hydrogens (tertiary/aromatic N) is 1. The fraction of sp³-hybridized carbons (Fsp3) is 0.280. The van der Waals surface area contributed by atoms with Crippen LogP contribution in [0.25, 0.3) is 22.5 Å². The molecule has 2 aromatic carbocycles. The van der Waals surface area contributed by atoms with Crippen LogP contribution in [0.15, 0.2) is 48.5 Å². The first kappa shape index (κ1) is 24.7. The van der Waals surface area contributed by atoms with E-state index < -0.39 is 5.91 Å². The van der Waals surface area contributed by atoms with Crippen LogP contribution in [0.1, 0.15) is 12.8 Å². The topological polar surface area (TPSA) is 108 Å². The van der Waals surface area contributed by atoms with E-state index >= 15 is 0 Å². The van der Waals surface area contributed by atoms with Crippen molar-refractivity contribution in [3.63, 3.8) is 0 Å². The molecular weight excluding hydrogens is 440 g/mol. The highest BCUT2D eigenvalue weighted by Crippen LogP contribution is 2.41. The molecule has 2 N–H and O–H groups in total. The van der Waals surface area contributed by atoms with E-state index in [-0.39, 0.29) is 6.42 Å². The molecule has 0 aliphatic carbocycles. The van der Waals surface area contributed by atoms with E-state index in [9.17, 15) is 4.79 Å². The summed E-state index contributed by atoms with van der Waals surface area (Å²) in [6.45, 7) is 0.352. The van der Waals surface area contributed by atoms with E-state index in [0.29, 0.717) is 53.2 Å². The Kier molecular flexibility index (Phi) is 8.53. The third kappa shape index (κ3) is 5.68. The summed E-state index contributed by atoms with van der Waals surface area (Å²) in [5.41, 5.74) is 4.62. The fourth-order valence-electron chi connectivity index (χ4n) is 3.40. The lowest BCUT2D eigenvalue weighted by Gasteiger charge is -2.15. The lowest BCUT2D eigenvalue weighted by molar-refractivity contribution is -0.129. The molecule has 0 saturated heterocycles. The first-order valence-electron chi connectivity index (χ1n) is 10.6. The number of hydrogen-bond acceptors (Lipinski definition) is 8. The van der Waals surface area contributed by atoms with E-state index in [0.717, 1.165) is 11.1 Å². The second-order valence-electron chi connectivity index (χ2n) is 7.17. The van der Waals surface area contributed by atoms with Gasteiger partial charge < -0.3 is 23.7 Å². The molecule has 9 heteroatoms. The van der Waals surface area contributed by atoms with Crippen molar-refractivity contribution in [2.24, 2.45) is 0 Å². The smallest absolute Gasteiger partial charge is 0.243 e. The number of pyridine rings is 1. The van der Waals surface area contributed by atoms with Crippen LogP contribution in [0.5, 0.6) is 28.7 Å². The van der Waals surface area contributed by atoms with Crippen molar-refractivity contribution < 1.29 is 33.7 Å². The predicted molar refractivity (Wildman–Crippen MR) is 126 cm³/mol. The number of amides is 1. The van der Waals surface area contributed by atoms with E-state index in [1.807, 2.05) is 48.5 Å². The van der Waals surface area contributed by atoms with Gasteiger partial charge >= 0.3 is 0 Å². The van der Waals surface area contributed by atoms with Gasteiger partial charge in [-0.3, -0.25) is 10.0 Å². The number of carbonyl (C=O) groups excluding carboxylic acids is 1. The average molecular weight is 469 g/mol. The maximum atomic E-state index is 11.1. The third-order valence-corrected chi connectivity index (χ3v) is 5.11. The minimum absolute atomic E-state index is 0.184. The molecule has 0 bridgehead atoms. The Morgan fingerprint density at radius 3 is 2.06 bits per heavy atom. The molecule has 0 spiro atoms. The summed E-state index contributed by atoms with van der Waals surface area (Å²) in [7, 11) is 6.29. The maximum Gasteiger partial charge on any atom is 0.243 e. The van der Waals surface area contributed by atoms with Gasteiger partial charge in [0.25, 0.3) is 0 Å². The minimum Gasteiger partial charge on any atom is -0.494 e. The Hall–Kier alpha value is -3.98. The standard InChI is InChI=1S/C25H28N2O7/c1-30-20-12-11-19(17-14-21(31-2)25(33-4)22(15-17)32-3)26-24(20)16-7-9-18(10-8-16)34-13-5-6-23(28)27-29/h7-12,14-15,29H,5-6,13H2,1-4H3,(H,27,28). The summed E-state index contributed by atoms with van der Waals surface area (Å²) in [5, 5.41) is 8.53. The van der Waals surface area contributed by atoms with Crippen molar-refractivity contribution in [2.45, 2.75) is 12.8 Å². The van der Waals surface area contributed by atoms with Gasteiger partial charge in [-0.1, -0.05) is 0 Å². The number of aromatic nitrogens is 1. The van der Waals surface area contributed by atoms with Crippen molar-refractivity contribution in [2.75, 3.05) is 35.0 Å². The number of hydrogen-bond donors (Lipinski definition) is 2. The Morgan fingerprint density at radius 1 is 0.853 bits per heavy atom. The molecule has 0 aliphatic rings. The first-order chi connectivity index (χ1) is 16.5. The van der Waals surface area contributed by atoms with Gasteiger partial charge in [0.05, 0.1) is 40.7 Å². The zero-order valence-electron chi connectivity index (χ0n) is 19.6. The van der Waals surface area contributed by atoms with Crippen LogP contribution in [0.2, 0.25) is 0 Å². The van der Waals surface area contributed by atoms with Crippen LogP contribution in [0, 0.1) is 0 Å². The largest absolute Gasteiger partial charge is 0.494 e. The molecule has 0 fully saturated rings. The van der Waals surface area contributed by atoms with Crippen LogP contribution in [-0.2, 0) is 4.79 Å². The zero-order valence-corrected chi connectivity index (χ0v) is 19.6. The van der Waals surface area contributed by atoms with Crippen LogP contribution >= 0.6 is 0 Å². The Morgan fingerprint density at radius 2 is 1.50 bits per heavy atom. The van der Waals surface area contributed by atoms with Crippen molar-refractivity contribution in [1.29, 1.82) is 0 Å². The van der Waals surface area contributed by atoms with E-state index in [2.05, 4.69) is 0 Å². The second kappa shape index (κ2) is 11.8. The summed E-state index contributed by atoms with van der Waals surface area (Å²) < 4.78 is 27.5. The van der Waals surface area contributed by atoms with E-state index in [1.54, 1.807) is 33.9 Å². The molecule has 3 rings (SSSR count). The normalized spacial score (nSPS) is 10.4. The molecular formula is C25H28N2O7. The van der Waals surface area contributed by atoms with E-state index in [4.69, 9.17) is 33.9 Å². The van der Waals surface area contributed by atoms with Crippen molar-refractivity contribution >= 4 is 5.91 Å². The highest BCUT2D eigenvalue weighted by molar-refractivity contribution is 5.75. The van der Waals surface area contributed by atoms with Gasteiger partial charge in [-0.25, -0.2) is 10.5 Å². The number of carbonyl (C=O) groups is 1. The van der Waals surface area contributed by atoms with E-state index in [1.165, 1.54) is 0 Å². The predicted octanol–water partition coefficient (Wildman–Crippen LogP) is 4.11. The monoisotopic (exact) mass is 468 g/mol. The molecule has 3 aromatic rings. The van der Waals surface area contributed by atoms with Crippen LogP contribution in [0.4, 0.5) is 0 Å². The number of ether oxygens (including phenoxy) is 5. The highest BCUT2D eigenvalue weighted by Gasteiger charge is 2.17. The number of benzene rings is 2. The van der Waals surface area contributed by atoms with Crippen LogP contribution < -0.4 is 29.2 Å². The fourth-order valence-corrected chi connectivity index (χ4v) is 3.40. The number of methoxy groups -OCH3 is 4. The van der Waals surface area contributed by atoms with Gasteiger partial charge in [-0.05, 0) is 55.0 Å². The lowest BCUT2D eigenvalue weighted by atomic mass is 10.1. The van der Waals surface area contributed by atoms with Gasteiger partial charge in [0.1, 0.15) is 17.2 Å². The summed E-state index contributed by atoms with van der Waals surface area (Å²) in [6.07, 6.45) is 0.670. The maximum absolute atomic E-state index is 11.1. The Balaban J connectivity index is 1.87. The number of hydroxylamine groups is 1. The highest BCUT2D eigenvalue weighted by atomic mass is 16.5. The van der Waals surface area contributed by atoms with Gasteiger partial charge in [0, 0.05) is 17.5 Å². The zero-order chi connectivity index (χ0) is 24.5. The van der Waals surface area contributed by atoms with Gasteiger partial charge in [-0.2, -0.15) is 0 Å². The second-order valence-corrected chi connectivity index (χ2v) is 7.17. The average Bonchev–Trinajstić information content (AvgIpc) is 2.89. The quantitative estimate of drug-likeness (QED) is 0.246. The number of nitrogens with one attached hydrogen (secondary N) is 1. The summed E-state index contributed by atoms with van der Waals surface area (Å²) >= 11 is 0. The van der Waals surface area contributed by atoms with Crippen LogP contribution in [0.3, 0.4) is 0 Å². The molecule has 0 atom stereocenters. The van der Waals surface area contributed by atoms with Crippen LogP contribution in [-0.4, -0.2) is 51.1 Å². The lowest BCUT2D eigenvalue weighted by Crippen LogP contribution is -2.18. The molecule has 1 aromatic heterocycles. The SMILES string of the molecule is COc1ccc(-c2cc(OC)c(OC)c(OC)c2)nc1-c1ccc(OCCCC(=O)NO)cc1. The number of rotatable bonds is 11. The molecule has 0 unspecified atom stereocenters. The van der Waals surface area contributed by atoms with Gasteiger partial charge in [0.2, 0.25) is 11.7 Å². The molecule has 0 radical (unpaired) electrons. The van der Waals surface area contributed by atoms with Crippen molar-refractivity contribution in [3.05, 3.63) is 48.5 Å². The summed E-state index contributed by atoms with van der Waals surface area (Å²) in [4.78, 5) is 15.9.